The van der Waals surface area contributed by atoms with Crippen LogP contribution in [-0.2, 0) is 9.53 Å². The van der Waals surface area contributed by atoms with Crippen molar-refractivity contribution in [3.63, 3.8) is 0 Å². The van der Waals surface area contributed by atoms with Gasteiger partial charge in [0.1, 0.15) is 11.3 Å². The van der Waals surface area contributed by atoms with Crippen LogP contribution in [0.2, 0.25) is 0 Å². The summed E-state index contributed by atoms with van der Waals surface area (Å²) < 4.78 is 17.2. The predicted octanol–water partition coefficient (Wildman–Crippen LogP) is 5.42. The van der Waals surface area contributed by atoms with Gasteiger partial charge in [-0.15, -0.1) is 0 Å². The van der Waals surface area contributed by atoms with Crippen LogP contribution in [0, 0.1) is 6.92 Å². The number of rotatable bonds is 7. The molecule has 186 valence electrons. The van der Waals surface area contributed by atoms with E-state index in [0.717, 1.165) is 77.4 Å². The first-order valence-electron chi connectivity index (χ1n) is 12.4. The number of amides is 1. The maximum Gasteiger partial charge on any atom is 0.244 e. The number of furan rings is 1. The van der Waals surface area contributed by atoms with Gasteiger partial charge in [0, 0.05) is 54.3 Å². The van der Waals surface area contributed by atoms with Crippen LogP contribution in [0.15, 0.2) is 65.3 Å². The molecule has 6 nitrogen and oxygen atoms in total. The Balaban J connectivity index is 1.44. The van der Waals surface area contributed by atoms with E-state index in [1.807, 2.05) is 32.2 Å². The Labute approximate surface area is 211 Å². The minimum Gasteiger partial charge on any atom is -0.496 e. The average molecular weight is 485 g/mol. The van der Waals surface area contributed by atoms with Gasteiger partial charge < -0.3 is 19.2 Å². The zero-order valence-electron chi connectivity index (χ0n) is 21.1. The van der Waals surface area contributed by atoms with Crippen molar-refractivity contribution in [3.8, 4) is 16.9 Å². The standard InChI is InChI=1S/C30H32N2O4/c1-20(16-28(33)31-10-11-32-12-14-35-15-13-32)25-18-26-27(19-36-30(26)21(2)29(25)34-3)24-9-8-22-6-4-5-7-23(22)17-24/h4-9,16-19H,10-15H2,1-3H3,(H,31,33)/b20-16+. The molecule has 1 N–H and O–H groups in total. The van der Waals surface area contributed by atoms with Crippen LogP contribution >= 0.6 is 0 Å². The molecule has 2 heterocycles. The molecule has 6 heteroatoms. The Hall–Kier alpha value is -3.61. The number of carbonyl (C=O) groups is 1. The summed E-state index contributed by atoms with van der Waals surface area (Å²) in [4.78, 5) is 15.0. The summed E-state index contributed by atoms with van der Waals surface area (Å²) in [5.41, 5.74) is 5.54. The number of nitrogens with zero attached hydrogens (tertiary/aromatic N) is 1. The first kappa shape index (κ1) is 24.1. The number of fused-ring (bicyclic) bond motifs is 2. The van der Waals surface area contributed by atoms with Gasteiger partial charge in [0.2, 0.25) is 5.91 Å². The van der Waals surface area contributed by atoms with Gasteiger partial charge in [-0.2, -0.15) is 0 Å². The van der Waals surface area contributed by atoms with Crippen LogP contribution < -0.4 is 10.1 Å². The first-order valence-corrected chi connectivity index (χ1v) is 12.4. The van der Waals surface area contributed by atoms with E-state index in [1.54, 1.807) is 13.2 Å². The summed E-state index contributed by atoms with van der Waals surface area (Å²) >= 11 is 0. The smallest absolute Gasteiger partial charge is 0.244 e. The second kappa shape index (κ2) is 10.6. The molecule has 1 aliphatic rings. The lowest BCUT2D eigenvalue weighted by molar-refractivity contribution is -0.116. The normalized spacial score (nSPS) is 14.9. The van der Waals surface area contributed by atoms with Gasteiger partial charge in [-0.3, -0.25) is 9.69 Å². The Morgan fingerprint density at radius 3 is 2.67 bits per heavy atom. The van der Waals surface area contributed by atoms with Crippen LogP contribution in [0.1, 0.15) is 18.1 Å². The molecule has 1 fully saturated rings. The summed E-state index contributed by atoms with van der Waals surface area (Å²) in [5, 5.41) is 6.39. The van der Waals surface area contributed by atoms with Crippen LogP contribution in [0.3, 0.4) is 0 Å². The molecule has 0 radical (unpaired) electrons. The van der Waals surface area contributed by atoms with E-state index in [2.05, 4.69) is 46.6 Å². The fraction of sp³-hybridized carbons (Fsp3) is 0.300. The summed E-state index contributed by atoms with van der Waals surface area (Å²) in [7, 11) is 1.65. The number of carbonyl (C=O) groups excluding carboxylic acids is 1. The summed E-state index contributed by atoms with van der Waals surface area (Å²) in [5.74, 6) is 0.610. The Morgan fingerprint density at radius 2 is 1.89 bits per heavy atom. The molecule has 36 heavy (non-hydrogen) atoms. The molecule has 0 unspecified atom stereocenters. The minimum absolute atomic E-state index is 0.109. The van der Waals surface area contributed by atoms with Crippen molar-refractivity contribution >= 4 is 33.2 Å². The van der Waals surface area contributed by atoms with Crippen molar-refractivity contribution in [1.82, 2.24) is 10.2 Å². The van der Waals surface area contributed by atoms with Crippen LogP contribution in [-0.4, -0.2) is 57.3 Å². The molecule has 0 atom stereocenters. The van der Waals surface area contributed by atoms with E-state index in [0.29, 0.717) is 6.54 Å². The quantitative estimate of drug-likeness (QED) is 0.355. The molecule has 0 bridgehead atoms. The molecule has 1 aromatic heterocycles. The number of hydrogen-bond donors (Lipinski definition) is 1. The van der Waals surface area contributed by atoms with Gasteiger partial charge in [0.25, 0.3) is 0 Å². The molecular formula is C30H32N2O4. The molecule has 5 rings (SSSR count). The third-order valence-electron chi connectivity index (χ3n) is 6.91. The lowest BCUT2D eigenvalue weighted by Crippen LogP contribution is -2.41. The van der Waals surface area contributed by atoms with Crippen molar-refractivity contribution in [3.05, 3.63) is 72.0 Å². The number of nitrogens with one attached hydrogen (secondary N) is 1. The fourth-order valence-electron chi connectivity index (χ4n) is 4.94. The Bertz CT molecular complexity index is 1430. The second-order valence-electron chi connectivity index (χ2n) is 9.24. The van der Waals surface area contributed by atoms with Crippen LogP contribution in [0.5, 0.6) is 5.75 Å². The number of allylic oxidation sites excluding steroid dienone is 1. The highest BCUT2D eigenvalue weighted by Gasteiger charge is 2.19. The van der Waals surface area contributed by atoms with E-state index in [9.17, 15) is 4.79 Å². The second-order valence-corrected chi connectivity index (χ2v) is 9.24. The number of ether oxygens (including phenoxy) is 2. The largest absolute Gasteiger partial charge is 0.496 e. The van der Waals surface area contributed by atoms with Gasteiger partial charge in [-0.05, 0) is 47.9 Å². The zero-order chi connectivity index (χ0) is 25.1. The Kier molecular flexibility index (Phi) is 7.07. The average Bonchev–Trinajstić information content (AvgIpc) is 3.33. The van der Waals surface area contributed by atoms with Crippen molar-refractivity contribution < 1.29 is 18.7 Å². The highest BCUT2D eigenvalue weighted by molar-refractivity contribution is 6.02. The molecule has 4 aromatic rings. The molecule has 0 spiro atoms. The van der Waals surface area contributed by atoms with E-state index < -0.39 is 0 Å². The Morgan fingerprint density at radius 1 is 1.11 bits per heavy atom. The zero-order valence-corrected chi connectivity index (χ0v) is 21.1. The number of aryl methyl sites for hydroxylation is 1. The lowest BCUT2D eigenvalue weighted by atomic mass is 9.95. The van der Waals surface area contributed by atoms with Crippen molar-refractivity contribution in [2.24, 2.45) is 0 Å². The van der Waals surface area contributed by atoms with E-state index in [-0.39, 0.29) is 5.91 Å². The monoisotopic (exact) mass is 484 g/mol. The van der Waals surface area contributed by atoms with Crippen LogP contribution in [0.4, 0.5) is 0 Å². The van der Waals surface area contributed by atoms with Gasteiger partial charge >= 0.3 is 0 Å². The fourth-order valence-corrected chi connectivity index (χ4v) is 4.94. The summed E-state index contributed by atoms with van der Waals surface area (Å²) in [6.07, 6.45) is 3.46. The SMILES string of the molecule is COc1c(/C(C)=C/C(=O)NCCN2CCOCC2)cc2c(-c3ccc4ccccc4c3)coc2c1C. The third kappa shape index (κ3) is 4.87. The molecule has 1 saturated heterocycles. The summed E-state index contributed by atoms with van der Waals surface area (Å²) in [6, 6.07) is 16.8. The molecule has 1 amide bonds. The highest BCUT2D eigenvalue weighted by atomic mass is 16.5. The molecule has 0 saturated carbocycles. The number of morpholine rings is 1. The first-order chi connectivity index (χ1) is 17.5. The summed E-state index contributed by atoms with van der Waals surface area (Å²) in [6.45, 7) is 8.69. The van der Waals surface area contributed by atoms with Gasteiger partial charge in [0.05, 0.1) is 26.6 Å². The van der Waals surface area contributed by atoms with E-state index >= 15 is 0 Å². The third-order valence-corrected chi connectivity index (χ3v) is 6.91. The van der Waals surface area contributed by atoms with Gasteiger partial charge in [0.15, 0.2) is 0 Å². The van der Waals surface area contributed by atoms with E-state index in [1.165, 1.54) is 10.8 Å². The van der Waals surface area contributed by atoms with Gasteiger partial charge in [-0.25, -0.2) is 0 Å². The minimum atomic E-state index is -0.109. The predicted molar refractivity (Wildman–Crippen MR) is 144 cm³/mol. The lowest BCUT2D eigenvalue weighted by Gasteiger charge is -2.26. The van der Waals surface area contributed by atoms with Gasteiger partial charge in [-0.1, -0.05) is 36.4 Å². The van der Waals surface area contributed by atoms with Crippen molar-refractivity contribution in [1.29, 1.82) is 0 Å². The molecule has 3 aromatic carbocycles. The molecular weight excluding hydrogens is 452 g/mol. The topological polar surface area (TPSA) is 63.9 Å². The van der Waals surface area contributed by atoms with Crippen LogP contribution in [0.25, 0.3) is 38.4 Å². The maximum absolute atomic E-state index is 12.7. The van der Waals surface area contributed by atoms with Crippen molar-refractivity contribution in [2.75, 3.05) is 46.5 Å². The van der Waals surface area contributed by atoms with E-state index in [4.69, 9.17) is 13.9 Å². The van der Waals surface area contributed by atoms with Crippen molar-refractivity contribution in [2.45, 2.75) is 13.8 Å². The maximum atomic E-state index is 12.7. The number of methoxy groups -OCH3 is 1. The molecule has 0 aliphatic carbocycles. The highest BCUT2D eigenvalue weighted by Crippen LogP contribution is 2.41. The number of benzene rings is 3. The molecule has 1 aliphatic heterocycles. The number of hydrogen-bond acceptors (Lipinski definition) is 5.